The zero-order chi connectivity index (χ0) is 17.4. The molecule has 1 aliphatic rings. The number of hydrogen-bond donors (Lipinski definition) is 1. The lowest BCUT2D eigenvalue weighted by molar-refractivity contribution is 0.590. The van der Waals surface area contributed by atoms with Gasteiger partial charge < -0.3 is 10.2 Å². The molecule has 0 amide bonds. The minimum atomic E-state index is -0.663. The Kier molecular flexibility index (Phi) is 3.80. The van der Waals surface area contributed by atoms with E-state index in [2.05, 4.69) is 21.4 Å². The molecule has 0 spiro atoms. The molecule has 25 heavy (non-hydrogen) atoms. The lowest BCUT2D eigenvalue weighted by atomic mass is 10.2. The number of anilines is 4. The van der Waals surface area contributed by atoms with Crippen LogP contribution in [0.5, 0.6) is 0 Å². The largest absolute Gasteiger partial charge is 0.335 e. The molecule has 0 aliphatic carbocycles. The van der Waals surface area contributed by atoms with Gasteiger partial charge in [0.1, 0.15) is 23.1 Å². The van der Waals surface area contributed by atoms with Gasteiger partial charge in [-0.15, -0.1) is 0 Å². The van der Waals surface area contributed by atoms with Gasteiger partial charge in [-0.05, 0) is 37.1 Å². The maximum Gasteiger partial charge on any atom is 0.232 e. The van der Waals surface area contributed by atoms with E-state index < -0.39 is 11.6 Å². The fourth-order valence-corrected chi connectivity index (χ4v) is 3.03. The first-order chi connectivity index (χ1) is 12.1. The normalized spacial score (nSPS) is 13.0. The SMILES string of the molecule is Cc1cc(Nc2c(F)cccc2F)nc(N2CCc3ccccc32)n1. The first-order valence-electron chi connectivity index (χ1n) is 8.04. The molecule has 0 fully saturated rings. The van der Waals surface area contributed by atoms with Crippen molar-refractivity contribution in [2.24, 2.45) is 0 Å². The Morgan fingerprint density at radius 3 is 2.56 bits per heavy atom. The van der Waals surface area contributed by atoms with Crippen LogP contribution in [-0.2, 0) is 6.42 Å². The standard InChI is InChI=1S/C19H16F2N4/c1-12-11-17(23-18-14(20)6-4-7-15(18)21)24-19(22-12)25-10-9-13-5-2-3-8-16(13)25/h2-8,11H,9-10H2,1H3,(H,22,23,24). The van der Waals surface area contributed by atoms with Crippen LogP contribution in [0, 0.1) is 18.6 Å². The Hall–Kier alpha value is -3.02. The van der Waals surface area contributed by atoms with Gasteiger partial charge in [-0.25, -0.2) is 13.8 Å². The molecule has 0 bridgehead atoms. The van der Waals surface area contributed by atoms with Gasteiger partial charge >= 0.3 is 0 Å². The monoisotopic (exact) mass is 338 g/mol. The fraction of sp³-hybridized carbons (Fsp3) is 0.158. The highest BCUT2D eigenvalue weighted by Crippen LogP contribution is 2.33. The molecule has 3 aromatic rings. The molecule has 0 saturated carbocycles. The molecule has 2 aromatic carbocycles. The molecule has 126 valence electrons. The minimum Gasteiger partial charge on any atom is -0.335 e. The lowest BCUT2D eigenvalue weighted by Gasteiger charge is -2.19. The van der Waals surface area contributed by atoms with E-state index in [9.17, 15) is 8.78 Å². The highest BCUT2D eigenvalue weighted by Gasteiger charge is 2.22. The molecule has 0 atom stereocenters. The van der Waals surface area contributed by atoms with Gasteiger partial charge in [-0.1, -0.05) is 24.3 Å². The van der Waals surface area contributed by atoms with Crippen molar-refractivity contribution in [2.75, 3.05) is 16.8 Å². The average molecular weight is 338 g/mol. The summed E-state index contributed by atoms with van der Waals surface area (Å²) in [4.78, 5) is 11.0. The van der Waals surface area contributed by atoms with Crippen LogP contribution >= 0.6 is 0 Å². The van der Waals surface area contributed by atoms with Crippen molar-refractivity contribution < 1.29 is 8.78 Å². The fourth-order valence-electron chi connectivity index (χ4n) is 3.03. The maximum atomic E-state index is 13.9. The molecule has 4 rings (SSSR count). The van der Waals surface area contributed by atoms with Crippen LogP contribution in [0.15, 0.2) is 48.5 Å². The molecule has 0 radical (unpaired) electrons. The zero-order valence-corrected chi connectivity index (χ0v) is 13.6. The molecule has 2 heterocycles. The van der Waals surface area contributed by atoms with E-state index in [4.69, 9.17) is 0 Å². The van der Waals surface area contributed by atoms with Crippen molar-refractivity contribution in [1.82, 2.24) is 9.97 Å². The van der Waals surface area contributed by atoms with Crippen LogP contribution in [0.3, 0.4) is 0 Å². The third-order valence-electron chi connectivity index (χ3n) is 4.19. The second kappa shape index (κ2) is 6.12. The van der Waals surface area contributed by atoms with Crippen LogP contribution in [0.25, 0.3) is 0 Å². The van der Waals surface area contributed by atoms with Crippen molar-refractivity contribution in [3.8, 4) is 0 Å². The van der Waals surface area contributed by atoms with Gasteiger partial charge in [0.25, 0.3) is 0 Å². The number of nitrogens with zero attached hydrogens (tertiary/aromatic N) is 3. The summed E-state index contributed by atoms with van der Waals surface area (Å²) in [6.07, 6.45) is 0.915. The summed E-state index contributed by atoms with van der Waals surface area (Å²) < 4.78 is 27.8. The van der Waals surface area contributed by atoms with E-state index in [1.165, 1.54) is 23.8 Å². The van der Waals surface area contributed by atoms with Crippen LogP contribution in [0.4, 0.5) is 31.9 Å². The first kappa shape index (κ1) is 15.5. The third kappa shape index (κ3) is 2.91. The number of halogens is 2. The van der Waals surface area contributed by atoms with Crippen LogP contribution in [0.2, 0.25) is 0 Å². The summed E-state index contributed by atoms with van der Waals surface area (Å²) in [6.45, 7) is 2.60. The molecule has 0 unspecified atom stereocenters. The van der Waals surface area contributed by atoms with E-state index in [1.807, 2.05) is 30.0 Å². The second-order valence-electron chi connectivity index (χ2n) is 5.95. The second-order valence-corrected chi connectivity index (χ2v) is 5.95. The summed E-state index contributed by atoms with van der Waals surface area (Å²) in [5, 5.41) is 2.74. The highest BCUT2D eigenvalue weighted by molar-refractivity contribution is 5.67. The average Bonchev–Trinajstić information content (AvgIpc) is 3.02. The number of rotatable bonds is 3. The topological polar surface area (TPSA) is 41.1 Å². The van der Waals surface area contributed by atoms with Crippen molar-refractivity contribution in [2.45, 2.75) is 13.3 Å². The number of fused-ring (bicyclic) bond motifs is 1. The van der Waals surface area contributed by atoms with Gasteiger partial charge in [0.2, 0.25) is 5.95 Å². The van der Waals surface area contributed by atoms with E-state index in [1.54, 1.807) is 6.07 Å². The Balaban J connectivity index is 1.71. The number of para-hydroxylation sites is 2. The van der Waals surface area contributed by atoms with Gasteiger partial charge in [-0.2, -0.15) is 4.98 Å². The number of aromatic nitrogens is 2. The summed E-state index contributed by atoms with van der Waals surface area (Å²) in [5.74, 6) is -0.450. The molecule has 1 aromatic heterocycles. The van der Waals surface area contributed by atoms with E-state index in [-0.39, 0.29) is 5.69 Å². The van der Waals surface area contributed by atoms with Crippen molar-refractivity contribution in [3.63, 3.8) is 0 Å². The van der Waals surface area contributed by atoms with Crippen LogP contribution < -0.4 is 10.2 Å². The molecular weight excluding hydrogens is 322 g/mol. The maximum absolute atomic E-state index is 13.9. The lowest BCUT2D eigenvalue weighted by Crippen LogP contribution is -2.17. The van der Waals surface area contributed by atoms with Gasteiger partial charge in [0.15, 0.2) is 0 Å². The molecule has 6 heteroatoms. The van der Waals surface area contributed by atoms with Gasteiger partial charge in [0.05, 0.1) is 0 Å². The summed E-state index contributed by atoms with van der Waals surface area (Å²) >= 11 is 0. The Bertz CT molecular complexity index is 922. The number of benzene rings is 2. The molecular formula is C19H16F2N4. The van der Waals surface area contributed by atoms with Crippen molar-refractivity contribution >= 4 is 23.1 Å². The summed E-state index contributed by atoms with van der Waals surface area (Å²) in [6, 6.07) is 13.5. The molecule has 1 N–H and O–H groups in total. The number of aryl methyl sites for hydroxylation is 1. The highest BCUT2D eigenvalue weighted by atomic mass is 19.1. The Morgan fingerprint density at radius 1 is 1.00 bits per heavy atom. The summed E-state index contributed by atoms with van der Waals surface area (Å²) in [7, 11) is 0. The van der Waals surface area contributed by atoms with E-state index in [0.717, 1.165) is 18.7 Å². The van der Waals surface area contributed by atoms with Crippen LogP contribution in [-0.4, -0.2) is 16.5 Å². The molecule has 0 saturated heterocycles. The quantitative estimate of drug-likeness (QED) is 0.763. The van der Waals surface area contributed by atoms with E-state index in [0.29, 0.717) is 17.5 Å². The van der Waals surface area contributed by atoms with Crippen LogP contribution in [0.1, 0.15) is 11.3 Å². The Morgan fingerprint density at radius 2 is 1.76 bits per heavy atom. The number of nitrogens with one attached hydrogen (secondary N) is 1. The smallest absolute Gasteiger partial charge is 0.232 e. The molecule has 1 aliphatic heterocycles. The zero-order valence-electron chi connectivity index (χ0n) is 13.6. The summed E-state index contributed by atoms with van der Waals surface area (Å²) in [5.41, 5.74) is 2.81. The molecule has 4 nitrogen and oxygen atoms in total. The Labute approximate surface area is 144 Å². The van der Waals surface area contributed by atoms with E-state index >= 15 is 0 Å². The van der Waals surface area contributed by atoms with Crippen molar-refractivity contribution in [3.05, 3.63) is 71.4 Å². The third-order valence-corrected chi connectivity index (χ3v) is 4.19. The van der Waals surface area contributed by atoms with Crippen molar-refractivity contribution in [1.29, 1.82) is 0 Å². The predicted molar refractivity (Wildman–Crippen MR) is 93.6 cm³/mol. The minimum absolute atomic E-state index is 0.214. The number of hydrogen-bond acceptors (Lipinski definition) is 4. The van der Waals surface area contributed by atoms with Gasteiger partial charge in [0, 0.05) is 24.0 Å². The van der Waals surface area contributed by atoms with Gasteiger partial charge in [-0.3, -0.25) is 0 Å². The predicted octanol–water partition coefficient (Wildman–Crippen LogP) is 4.50. The first-order valence-corrected chi connectivity index (χ1v) is 8.04.